The second-order valence-corrected chi connectivity index (χ2v) is 7.19. The maximum atomic E-state index is 12.8. The van der Waals surface area contributed by atoms with Crippen molar-refractivity contribution < 1.29 is 22.8 Å². The first-order valence-electron chi connectivity index (χ1n) is 7.47. The lowest BCUT2D eigenvalue weighted by atomic mass is 10.1. The lowest BCUT2D eigenvalue weighted by Crippen LogP contribution is -2.32. The van der Waals surface area contributed by atoms with E-state index in [2.05, 4.69) is 10.6 Å². The number of carbonyl (C=O) groups excluding carboxylic acids is 2. The SMILES string of the molecule is O=C(CC1Sc2ccc(C(F)(F)F)cc2NC1=O)Nc1ccccc1Cl. The molecule has 0 radical (unpaired) electrons. The van der Waals surface area contributed by atoms with E-state index in [1.54, 1.807) is 24.3 Å². The Bertz CT molecular complexity index is 873. The molecule has 2 aromatic carbocycles. The maximum Gasteiger partial charge on any atom is 0.416 e. The van der Waals surface area contributed by atoms with Gasteiger partial charge in [0.15, 0.2) is 0 Å². The zero-order valence-corrected chi connectivity index (χ0v) is 14.6. The van der Waals surface area contributed by atoms with Gasteiger partial charge in [-0.3, -0.25) is 9.59 Å². The highest BCUT2D eigenvalue weighted by atomic mass is 35.5. The molecule has 1 aliphatic heterocycles. The fourth-order valence-electron chi connectivity index (χ4n) is 2.39. The summed E-state index contributed by atoms with van der Waals surface area (Å²) in [6.45, 7) is 0. The van der Waals surface area contributed by atoms with Crippen LogP contribution in [0.5, 0.6) is 0 Å². The highest BCUT2D eigenvalue weighted by Crippen LogP contribution is 2.40. The van der Waals surface area contributed by atoms with Gasteiger partial charge in [0.05, 0.1) is 27.2 Å². The molecule has 0 saturated carbocycles. The number of rotatable bonds is 3. The van der Waals surface area contributed by atoms with Gasteiger partial charge < -0.3 is 10.6 Å². The third-order valence-corrected chi connectivity index (χ3v) is 5.25. The molecule has 0 fully saturated rings. The number of fused-ring (bicyclic) bond motifs is 1. The summed E-state index contributed by atoms with van der Waals surface area (Å²) in [6.07, 6.45) is -4.63. The van der Waals surface area contributed by atoms with E-state index in [0.29, 0.717) is 15.6 Å². The Hall–Kier alpha value is -2.19. The van der Waals surface area contributed by atoms with Crippen LogP contribution in [0.25, 0.3) is 0 Å². The van der Waals surface area contributed by atoms with E-state index in [1.807, 2.05) is 0 Å². The minimum atomic E-state index is -4.49. The number of carbonyl (C=O) groups is 2. The number of halogens is 4. The molecule has 2 aromatic rings. The molecule has 3 rings (SSSR count). The van der Waals surface area contributed by atoms with Crippen LogP contribution in [0.3, 0.4) is 0 Å². The van der Waals surface area contributed by atoms with Crippen LogP contribution < -0.4 is 10.6 Å². The first kappa shape index (κ1) is 18.6. The van der Waals surface area contributed by atoms with E-state index in [4.69, 9.17) is 11.6 Å². The Labute approximate surface area is 156 Å². The molecule has 136 valence electrons. The number of alkyl halides is 3. The van der Waals surface area contributed by atoms with Gasteiger partial charge in [0.2, 0.25) is 11.8 Å². The summed E-state index contributed by atoms with van der Waals surface area (Å²) in [6, 6.07) is 9.80. The molecule has 1 aliphatic rings. The Balaban J connectivity index is 1.70. The number of hydrogen-bond acceptors (Lipinski definition) is 3. The van der Waals surface area contributed by atoms with E-state index >= 15 is 0 Å². The molecule has 0 bridgehead atoms. The first-order chi connectivity index (χ1) is 12.2. The number of amides is 2. The first-order valence-corrected chi connectivity index (χ1v) is 8.73. The topological polar surface area (TPSA) is 58.2 Å². The van der Waals surface area contributed by atoms with Gasteiger partial charge in [0.25, 0.3) is 0 Å². The number of hydrogen-bond donors (Lipinski definition) is 2. The molecule has 4 nitrogen and oxygen atoms in total. The number of benzene rings is 2. The summed E-state index contributed by atoms with van der Waals surface area (Å²) in [5.41, 5.74) is -0.319. The zero-order chi connectivity index (χ0) is 18.9. The number of thioether (sulfide) groups is 1. The standard InChI is InChI=1S/C17H12ClF3N2O2S/c18-10-3-1-2-4-11(10)22-15(24)8-14-16(25)23-12-7-9(17(19,20)21)5-6-13(12)26-14/h1-7,14H,8H2,(H,22,24)(H,23,25). The monoisotopic (exact) mass is 400 g/mol. The van der Waals surface area contributed by atoms with E-state index in [-0.39, 0.29) is 12.1 Å². The summed E-state index contributed by atoms with van der Waals surface area (Å²) in [5, 5.41) is 4.67. The van der Waals surface area contributed by atoms with Crippen LogP contribution in [0.1, 0.15) is 12.0 Å². The molecule has 26 heavy (non-hydrogen) atoms. The second-order valence-electron chi connectivity index (χ2n) is 5.54. The normalized spacial score (nSPS) is 16.6. The third-order valence-electron chi connectivity index (χ3n) is 3.65. The van der Waals surface area contributed by atoms with Crippen LogP contribution in [0.15, 0.2) is 47.4 Å². The fourth-order valence-corrected chi connectivity index (χ4v) is 3.67. The van der Waals surface area contributed by atoms with Crippen LogP contribution in [-0.2, 0) is 15.8 Å². The number of para-hydroxylation sites is 1. The fraction of sp³-hybridized carbons (Fsp3) is 0.176. The average Bonchev–Trinajstić information content (AvgIpc) is 2.56. The maximum absolute atomic E-state index is 12.8. The lowest BCUT2D eigenvalue weighted by molar-refractivity contribution is -0.137. The van der Waals surface area contributed by atoms with E-state index in [1.165, 1.54) is 6.07 Å². The molecule has 9 heteroatoms. The van der Waals surface area contributed by atoms with E-state index < -0.39 is 28.8 Å². The van der Waals surface area contributed by atoms with Crippen molar-refractivity contribution in [1.82, 2.24) is 0 Å². The molecule has 2 amide bonds. The van der Waals surface area contributed by atoms with Gasteiger partial charge in [0, 0.05) is 11.3 Å². The third kappa shape index (κ3) is 4.13. The van der Waals surface area contributed by atoms with Gasteiger partial charge in [-0.25, -0.2) is 0 Å². The lowest BCUT2D eigenvalue weighted by Gasteiger charge is -2.24. The van der Waals surface area contributed by atoms with Crippen LogP contribution in [0.4, 0.5) is 24.5 Å². The highest BCUT2D eigenvalue weighted by molar-refractivity contribution is 8.01. The summed E-state index contributed by atoms with van der Waals surface area (Å²) in [5.74, 6) is -0.933. The summed E-state index contributed by atoms with van der Waals surface area (Å²) in [7, 11) is 0. The minimum Gasteiger partial charge on any atom is -0.325 e. The van der Waals surface area contributed by atoms with Crippen LogP contribution in [0.2, 0.25) is 5.02 Å². The van der Waals surface area contributed by atoms with Crippen molar-refractivity contribution in [3.8, 4) is 0 Å². The van der Waals surface area contributed by atoms with Crippen LogP contribution in [0, 0.1) is 0 Å². The molecule has 0 aromatic heterocycles. The molecule has 0 aliphatic carbocycles. The van der Waals surface area contributed by atoms with Crippen molar-refractivity contribution in [3.05, 3.63) is 53.1 Å². The summed E-state index contributed by atoms with van der Waals surface area (Å²) >= 11 is 7.02. The van der Waals surface area contributed by atoms with Crippen molar-refractivity contribution in [2.24, 2.45) is 0 Å². The van der Waals surface area contributed by atoms with Gasteiger partial charge in [-0.15, -0.1) is 11.8 Å². The Morgan fingerprint density at radius 2 is 1.96 bits per heavy atom. The molecular formula is C17H12ClF3N2O2S. The Kier molecular flexibility index (Phi) is 5.15. The smallest absolute Gasteiger partial charge is 0.325 e. The molecule has 1 atom stereocenters. The quantitative estimate of drug-likeness (QED) is 0.778. The summed E-state index contributed by atoms with van der Waals surface area (Å²) < 4.78 is 38.3. The predicted molar refractivity (Wildman–Crippen MR) is 94.4 cm³/mol. The van der Waals surface area contributed by atoms with Crippen molar-refractivity contribution in [3.63, 3.8) is 0 Å². The molecule has 0 saturated heterocycles. The largest absolute Gasteiger partial charge is 0.416 e. The van der Waals surface area contributed by atoms with Crippen LogP contribution >= 0.6 is 23.4 Å². The Morgan fingerprint density at radius 3 is 2.65 bits per heavy atom. The van der Waals surface area contributed by atoms with Crippen molar-refractivity contribution in [2.75, 3.05) is 10.6 Å². The van der Waals surface area contributed by atoms with Gasteiger partial charge in [-0.2, -0.15) is 13.2 Å². The number of anilines is 2. The molecule has 2 N–H and O–H groups in total. The zero-order valence-electron chi connectivity index (χ0n) is 13.1. The minimum absolute atomic E-state index is 0.0950. The van der Waals surface area contributed by atoms with E-state index in [0.717, 1.165) is 23.9 Å². The highest BCUT2D eigenvalue weighted by Gasteiger charge is 2.34. The molecular weight excluding hydrogens is 389 g/mol. The van der Waals surface area contributed by atoms with Gasteiger partial charge in [-0.1, -0.05) is 23.7 Å². The van der Waals surface area contributed by atoms with Crippen molar-refractivity contribution >= 4 is 46.6 Å². The van der Waals surface area contributed by atoms with Crippen molar-refractivity contribution in [2.45, 2.75) is 22.7 Å². The van der Waals surface area contributed by atoms with Crippen LogP contribution in [-0.4, -0.2) is 17.1 Å². The summed E-state index contributed by atoms with van der Waals surface area (Å²) in [4.78, 5) is 24.8. The van der Waals surface area contributed by atoms with Gasteiger partial charge in [-0.05, 0) is 30.3 Å². The Morgan fingerprint density at radius 1 is 1.23 bits per heavy atom. The number of nitrogens with one attached hydrogen (secondary N) is 2. The molecule has 0 spiro atoms. The van der Waals surface area contributed by atoms with E-state index in [9.17, 15) is 22.8 Å². The van der Waals surface area contributed by atoms with Crippen molar-refractivity contribution in [1.29, 1.82) is 0 Å². The predicted octanol–water partition coefficient (Wildman–Crippen LogP) is 4.80. The van der Waals surface area contributed by atoms with Gasteiger partial charge in [0.1, 0.15) is 0 Å². The van der Waals surface area contributed by atoms with Gasteiger partial charge >= 0.3 is 6.18 Å². The second kappa shape index (κ2) is 7.20. The average molecular weight is 401 g/mol. The molecule has 1 heterocycles. The molecule has 1 unspecified atom stereocenters.